The quantitative estimate of drug-likeness (QED) is 0.709. The highest BCUT2D eigenvalue weighted by Gasteiger charge is 2.35. The Morgan fingerprint density at radius 2 is 2.11 bits per heavy atom. The minimum absolute atomic E-state index is 0.0786. The smallest absolute Gasteiger partial charge is 0.226 e. The lowest BCUT2D eigenvalue weighted by molar-refractivity contribution is -0.145. The lowest BCUT2D eigenvalue weighted by Crippen LogP contribution is -2.47. The first kappa shape index (κ1) is 14.3. The maximum absolute atomic E-state index is 12.5. The molecule has 19 heavy (non-hydrogen) atoms. The Labute approximate surface area is 114 Å². The van der Waals surface area contributed by atoms with Gasteiger partial charge in [-0.05, 0) is 26.7 Å². The van der Waals surface area contributed by atoms with Gasteiger partial charge in [-0.25, -0.2) is 0 Å². The van der Waals surface area contributed by atoms with Crippen LogP contribution < -0.4 is 0 Å². The maximum atomic E-state index is 12.5. The van der Waals surface area contributed by atoms with E-state index in [9.17, 15) is 9.59 Å². The number of amides is 2. The van der Waals surface area contributed by atoms with Gasteiger partial charge in [0.25, 0.3) is 0 Å². The predicted octanol–water partition coefficient (Wildman–Crippen LogP) is 0.882. The van der Waals surface area contributed by atoms with Gasteiger partial charge in [0, 0.05) is 45.6 Å². The van der Waals surface area contributed by atoms with E-state index in [2.05, 4.69) is 0 Å². The summed E-state index contributed by atoms with van der Waals surface area (Å²) >= 11 is 0. The molecule has 108 valence electrons. The van der Waals surface area contributed by atoms with E-state index in [4.69, 9.17) is 4.74 Å². The van der Waals surface area contributed by atoms with E-state index in [-0.39, 0.29) is 23.3 Å². The fourth-order valence-corrected chi connectivity index (χ4v) is 2.79. The highest BCUT2D eigenvalue weighted by atomic mass is 16.5. The number of carbonyl (C=O) groups excluding carboxylic acids is 2. The van der Waals surface area contributed by atoms with Crippen molar-refractivity contribution < 1.29 is 14.3 Å². The zero-order valence-electron chi connectivity index (χ0n) is 12.1. The van der Waals surface area contributed by atoms with Crippen LogP contribution in [-0.4, -0.2) is 60.5 Å². The van der Waals surface area contributed by atoms with Crippen LogP contribution in [0.4, 0.5) is 0 Å². The number of likely N-dealkylation sites (tertiary alicyclic amines) is 1. The Hall–Kier alpha value is -1.10. The van der Waals surface area contributed by atoms with Crippen molar-refractivity contribution in [1.82, 2.24) is 9.80 Å². The Morgan fingerprint density at radius 1 is 1.37 bits per heavy atom. The fourth-order valence-electron chi connectivity index (χ4n) is 2.79. The number of ether oxygens (including phenoxy) is 1. The summed E-state index contributed by atoms with van der Waals surface area (Å²) in [6, 6.07) is 0. The van der Waals surface area contributed by atoms with E-state index in [0.29, 0.717) is 26.1 Å². The third-order valence-electron chi connectivity index (χ3n) is 3.96. The molecule has 0 spiro atoms. The minimum Gasteiger partial charge on any atom is -0.374 e. The molecule has 2 heterocycles. The molecule has 1 atom stereocenters. The lowest BCUT2D eigenvalue weighted by Gasteiger charge is -2.34. The van der Waals surface area contributed by atoms with Crippen LogP contribution in [0.3, 0.4) is 0 Å². The van der Waals surface area contributed by atoms with Crippen molar-refractivity contribution in [2.45, 2.75) is 38.7 Å². The van der Waals surface area contributed by atoms with Crippen LogP contribution in [0.5, 0.6) is 0 Å². The monoisotopic (exact) mass is 268 g/mol. The number of rotatable bonds is 1. The molecule has 0 N–H and O–H groups in total. The summed E-state index contributed by atoms with van der Waals surface area (Å²) in [6.07, 6.45) is 2.00. The first-order chi connectivity index (χ1) is 8.89. The molecule has 0 bridgehead atoms. The van der Waals surface area contributed by atoms with E-state index >= 15 is 0 Å². The topological polar surface area (TPSA) is 49.9 Å². The van der Waals surface area contributed by atoms with Crippen molar-refractivity contribution in [3.63, 3.8) is 0 Å². The van der Waals surface area contributed by atoms with E-state index in [0.717, 1.165) is 19.4 Å². The molecule has 0 aromatic rings. The third kappa shape index (κ3) is 3.47. The molecule has 0 saturated carbocycles. The van der Waals surface area contributed by atoms with Crippen molar-refractivity contribution in [1.29, 1.82) is 0 Å². The molecule has 5 nitrogen and oxygen atoms in total. The summed E-state index contributed by atoms with van der Waals surface area (Å²) in [5.74, 6) is 0.0626. The number of piperidine rings is 1. The van der Waals surface area contributed by atoms with Gasteiger partial charge >= 0.3 is 0 Å². The maximum Gasteiger partial charge on any atom is 0.226 e. The van der Waals surface area contributed by atoms with Gasteiger partial charge in [0.1, 0.15) is 0 Å². The Morgan fingerprint density at radius 3 is 2.79 bits per heavy atom. The van der Waals surface area contributed by atoms with E-state index in [1.165, 1.54) is 0 Å². The molecule has 2 amide bonds. The molecule has 0 aromatic heterocycles. The van der Waals surface area contributed by atoms with Crippen LogP contribution in [0.2, 0.25) is 0 Å². The second kappa shape index (κ2) is 5.49. The molecule has 1 unspecified atom stereocenters. The predicted molar refractivity (Wildman–Crippen MR) is 71.6 cm³/mol. The first-order valence-electron chi connectivity index (χ1n) is 7.06. The molecular weight excluding hydrogens is 244 g/mol. The number of hydrogen-bond donors (Lipinski definition) is 0. The molecule has 2 saturated heterocycles. The van der Waals surface area contributed by atoms with Gasteiger partial charge in [-0.3, -0.25) is 9.59 Å². The molecule has 2 aliphatic heterocycles. The van der Waals surface area contributed by atoms with Crippen LogP contribution in [0.25, 0.3) is 0 Å². The van der Waals surface area contributed by atoms with Gasteiger partial charge in [-0.1, -0.05) is 0 Å². The molecule has 2 aliphatic rings. The van der Waals surface area contributed by atoms with Crippen molar-refractivity contribution >= 4 is 11.8 Å². The van der Waals surface area contributed by atoms with E-state index in [1.54, 1.807) is 11.9 Å². The van der Waals surface area contributed by atoms with Gasteiger partial charge in [-0.15, -0.1) is 0 Å². The number of carbonyl (C=O) groups is 2. The minimum atomic E-state index is -0.290. The van der Waals surface area contributed by atoms with Crippen LogP contribution in [0.15, 0.2) is 0 Å². The molecule has 0 radical (unpaired) electrons. The fraction of sp³-hybridized carbons (Fsp3) is 0.857. The van der Waals surface area contributed by atoms with Gasteiger partial charge in [-0.2, -0.15) is 0 Å². The summed E-state index contributed by atoms with van der Waals surface area (Å²) in [7, 11) is 1.80. The first-order valence-corrected chi connectivity index (χ1v) is 7.06. The van der Waals surface area contributed by atoms with Gasteiger partial charge < -0.3 is 14.5 Å². The van der Waals surface area contributed by atoms with E-state index in [1.807, 2.05) is 18.7 Å². The Balaban J connectivity index is 2.00. The summed E-state index contributed by atoms with van der Waals surface area (Å²) in [4.78, 5) is 27.9. The zero-order valence-corrected chi connectivity index (χ0v) is 12.1. The second-order valence-corrected chi connectivity index (χ2v) is 6.23. The molecule has 5 heteroatoms. The lowest BCUT2D eigenvalue weighted by atomic mass is 9.94. The highest BCUT2D eigenvalue weighted by molar-refractivity contribution is 5.87. The van der Waals surface area contributed by atoms with Gasteiger partial charge in [0.2, 0.25) is 11.8 Å². The summed E-state index contributed by atoms with van der Waals surface area (Å²) in [6.45, 7) is 6.76. The highest BCUT2D eigenvalue weighted by Crippen LogP contribution is 2.23. The van der Waals surface area contributed by atoms with Gasteiger partial charge in [0.15, 0.2) is 0 Å². The SMILES string of the molecule is CN1CCC(C(=O)N2CCCOC(C)(C)C2)CC1=O. The Bertz CT molecular complexity index is 368. The largest absolute Gasteiger partial charge is 0.374 e. The molecular formula is C14H24N2O3. The average molecular weight is 268 g/mol. The summed E-state index contributed by atoms with van der Waals surface area (Å²) in [5, 5.41) is 0. The van der Waals surface area contributed by atoms with Crippen molar-refractivity contribution in [2.24, 2.45) is 5.92 Å². The normalized spacial score (nSPS) is 28.2. The second-order valence-electron chi connectivity index (χ2n) is 6.23. The number of hydrogen-bond acceptors (Lipinski definition) is 3. The summed E-state index contributed by atoms with van der Waals surface area (Å²) < 4.78 is 5.73. The number of nitrogens with zero attached hydrogens (tertiary/aromatic N) is 2. The van der Waals surface area contributed by atoms with Crippen molar-refractivity contribution in [2.75, 3.05) is 33.3 Å². The Kier molecular flexibility index (Phi) is 4.13. The summed E-state index contributed by atoms with van der Waals surface area (Å²) in [5.41, 5.74) is -0.290. The standard InChI is InChI=1S/C14H24N2O3/c1-14(2)10-16(6-4-8-19-14)13(18)11-5-7-15(3)12(17)9-11/h11H,4-10H2,1-3H3. The van der Waals surface area contributed by atoms with Crippen LogP contribution in [-0.2, 0) is 14.3 Å². The third-order valence-corrected chi connectivity index (χ3v) is 3.96. The molecule has 2 rings (SSSR count). The molecule has 0 aromatic carbocycles. The average Bonchev–Trinajstić information content (AvgIpc) is 2.53. The van der Waals surface area contributed by atoms with Crippen molar-refractivity contribution in [3.8, 4) is 0 Å². The van der Waals surface area contributed by atoms with Crippen molar-refractivity contribution in [3.05, 3.63) is 0 Å². The molecule has 2 fully saturated rings. The molecule has 0 aliphatic carbocycles. The van der Waals surface area contributed by atoms with Crippen LogP contribution in [0.1, 0.15) is 33.1 Å². The van der Waals surface area contributed by atoms with Crippen LogP contribution >= 0.6 is 0 Å². The van der Waals surface area contributed by atoms with E-state index < -0.39 is 0 Å². The zero-order chi connectivity index (χ0) is 14.0. The van der Waals surface area contributed by atoms with Gasteiger partial charge in [0.05, 0.1) is 5.60 Å². The van der Waals surface area contributed by atoms with Crippen LogP contribution in [0, 0.1) is 5.92 Å².